The number of hydrogen-bond acceptors (Lipinski definition) is 5. The maximum atomic E-state index is 13.1. The van der Waals surface area contributed by atoms with Crippen molar-refractivity contribution in [1.82, 2.24) is 19.2 Å². The van der Waals surface area contributed by atoms with Gasteiger partial charge in [0.15, 0.2) is 0 Å². The Bertz CT molecular complexity index is 995. The van der Waals surface area contributed by atoms with E-state index in [2.05, 4.69) is 9.97 Å². The van der Waals surface area contributed by atoms with Gasteiger partial charge in [-0.2, -0.15) is 4.31 Å². The van der Waals surface area contributed by atoms with Crippen molar-refractivity contribution < 1.29 is 13.2 Å². The number of sulfonamides is 1. The van der Waals surface area contributed by atoms with Crippen molar-refractivity contribution in [2.24, 2.45) is 5.92 Å². The highest BCUT2D eigenvalue weighted by molar-refractivity contribution is 7.90. The van der Waals surface area contributed by atoms with Crippen LogP contribution in [-0.4, -0.2) is 58.4 Å². The number of benzene rings is 1. The summed E-state index contributed by atoms with van der Waals surface area (Å²) in [7, 11) is -3.40. The monoisotopic (exact) mass is 434 g/mol. The number of hydrogen-bond donors (Lipinski definition) is 0. The number of carbonyl (C=O) groups excluding carboxylic acids is 1. The number of amides is 1. The van der Waals surface area contributed by atoms with Gasteiger partial charge in [0.05, 0.1) is 17.1 Å². The molecular formula is C20H23ClN4O3S. The molecule has 0 saturated carbocycles. The molecule has 2 aliphatic rings. The van der Waals surface area contributed by atoms with E-state index in [9.17, 15) is 13.2 Å². The molecule has 0 spiro atoms. The van der Waals surface area contributed by atoms with Crippen LogP contribution in [0.1, 0.15) is 34.6 Å². The number of nitrogens with zero attached hydrogens (tertiary/aromatic N) is 4. The Kier molecular flexibility index (Phi) is 5.59. The van der Waals surface area contributed by atoms with Gasteiger partial charge in [-0.25, -0.2) is 13.4 Å². The van der Waals surface area contributed by atoms with Crippen LogP contribution in [0.5, 0.6) is 0 Å². The zero-order valence-corrected chi connectivity index (χ0v) is 17.7. The number of rotatable bonds is 3. The minimum Gasteiger partial charge on any atom is -0.337 e. The van der Waals surface area contributed by atoms with Crippen molar-refractivity contribution in [3.8, 4) is 0 Å². The number of carbonyl (C=O) groups is 1. The number of likely N-dealkylation sites (tertiary alicyclic amines) is 1. The number of fused-ring (bicyclic) bond motifs is 1. The average molecular weight is 435 g/mol. The van der Waals surface area contributed by atoms with Crippen molar-refractivity contribution in [3.63, 3.8) is 0 Å². The van der Waals surface area contributed by atoms with Crippen LogP contribution >= 0.6 is 11.6 Å². The smallest absolute Gasteiger partial charge is 0.274 e. The molecule has 0 radical (unpaired) electrons. The minimum atomic E-state index is -3.40. The second-order valence-electron chi connectivity index (χ2n) is 7.68. The molecule has 2 fully saturated rings. The number of aryl methyl sites for hydroxylation is 1. The molecule has 2 saturated heterocycles. The summed E-state index contributed by atoms with van der Waals surface area (Å²) < 4.78 is 27.8. The highest BCUT2D eigenvalue weighted by Crippen LogP contribution is 2.35. The van der Waals surface area contributed by atoms with Gasteiger partial charge in [0.25, 0.3) is 5.91 Å². The van der Waals surface area contributed by atoms with Gasteiger partial charge in [0.1, 0.15) is 5.69 Å². The highest BCUT2D eigenvalue weighted by atomic mass is 35.5. The molecule has 1 aromatic carbocycles. The van der Waals surface area contributed by atoms with Crippen molar-refractivity contribution in [3.05, 3.63) is 58.6 Å². The van der Waals surface area contributed by atoms with Crippen LogP contribution in [0.25, 0.3) is 0 Å². The fourth-order valence-electron chi connectivity index (χ4n) is 4.11. The lowest BCUT2D eigenvalue weighted by Gasteiger charge is -2.22. The van der Waals surface area contributed by atoms with Crippen LogP contribution in [0.4, 0.5) is 0 Å². The molecule has 3 heterocycles. The van der Waals surface area contributed by atoms with E-state index in [0.717, 1.165) is 11.3 Å². The van der Waals surface area contributed by atoms with E-state index < -0.39 is 15.3 Å². The Morgan fingerprint density at radius 1 is 1.14 bits per heavy atom. The van der Waals surface area contributed by atoms with Gasteiger partial charge in [-0.1, -0.05) is 23.7 Å². The largest absolute Gasteiger partial charge is 0.337 e. The van der Waals surface area contributed by atoms with Crippen LogP contribution in [0, 0.1) is 12.8 Å². The van der Waals surface area contributed by atoms with E-state index in [0.29, 0.717) is 49.7 Å². The maximum Gasteiger partial charge on any atom is 0.274 e. The van der Waals surface area contributed by atoms with E-state index in [-0.39, 0.29) is 11.8 Å². The Morgan fingerprint density at radius 3 is 2.55 bits per heavy atom. The van der Waals surface area contributed by atoms with Gasteiger partial charge < -0.3 is 4.90 Å². The molecule has 1 aromatic heterocycles. The van der Waals surface area contributed by atoms with Crippen molar-refractivity contribution in [1.29, 1.82) is 0 Å². The topological polar surface area (TPSA) is 83.5 Å². The van der Waals surface area contributed by atoms with Crippen molar-refractivity contribution in [2.45, 2.75) is 31.6 Å². The molecule has 9 heteroatoms. The lowest BCUT2D eigenvalue weighted by molar-refractivity contribution is 0.0752. The molecule has 7 nitrogen and oxygen atoms in total. The standard InChI is InChI=1S/C20H23ClN4O3S/c1-14-10-23-18(11-22-14)20(26)24-8-6-16-13-25(29(27,28)19(16)7-9-24)12-15-2-4-17(21)5-3-15/h2-5,10-11,16,19H,6-9,12-13H2,1H3/t16-,19-/m1/s1. The lowest BCUT2D eigenvalue weighted by atomic mass is 10.0. The third-order valence-corrected chi connectivity index (χ3v) is 8.35. The lowest BCUT2D eigenvalue weighted by Crippen LogP contribution is -2.35. The summed E-state index contributed by atoms with van der Waals surface area (Å²) in [5, 5.41) is 0.183. The van der Waals surface area contributed by atoms with Crippen molar-refractivity contribution >= 4 is 27.5 Å². The fraction of sp³-hybridized carbons (Fsp3) is 0.450. The summed E-state index contributed by atoms with van der Waals surface area (Å²) in [5.74, 6) is -0.165. The highest BCUT2D eigenvalue weighted by Gasteiger charge is 2.47. The quantitative estimate of drug-likeness (QED) is 0.741. The zero-order valence-electron chi connectivity index (χ0n) is 16.2. The summed E-state index contributed by atoms with van der Waals surface area (Å²) in [5.41, 5.74) is 1.97. The van der Waals surface area contributed by atoms with Crippen LogP contribution in [0.2, 0.25) is 5.02 Å². The Morgan fingerprint density at radius 2 is 1.86 bits per heavy atom. The molecule has 0 bridgehead atoms. The Hall–Kier alpha value is -2.03. The second-order valence-corrected chi connectivity index (χ2v) is 10.3. The van der Waals surface area contributed by atoms with E-state index >= 15 is 0 Å². The first-order valence-electron chi connectivity index (χ1n) is 9.66. The first-order chi connectivity index (χ1) is 13.8. The van der Waals surface area contributed by atoms with E-state index in [1.54, 1.807) is 27.5 Å². The van der Waals surface area contributed by atoms with Crippen LogP contribution < -0.4 is 0 Å². The minimum absolute atomic E-state index is 0.0224. The summed E-state index contributed by atoms with van der Waals surface area (Å²) in [6.07, 6.45) is 4.15. The molecule has 29 heavy (non-hydrogen) atoms. The van der Waals surface area contributed by atoms with E-state index in [1.165, 1.54) is 6.20 Å². The van der Waals surface area contributed by atoms with Gasteiger partial charge in [-0.3, -0.25) is 9.78 Å². The Labute approximate surface area is 175 Å². The zero-order chi connectivity index (χ0) is 20.6. The summed E-state index contributed by atoms with van der Waals surface area (Å²) in [4.78, 5) is 22.7. The second kappa shape index (κ2) is 8.01. The predicted molar refractivity (Wildman–Crippen MR) is 110 cm³/mol. The number of halogens is 1. The van der Waals surface area contributed by atoms with Gasteiger partial charge in [-0.05, 0) is 43.4 Å². The van der Waals surface area contributed by atoms with Gasteiger partial charge in [0, 0.05) is 37.4 Å². The summed E-state index contributed by atoms with van der Waals surface area (Å²) in [6.45, 7) is 3.59. The predicted octanol–water partition coefficient (Wildman–Crippen LogP) is 2.50. The molecule has 0 aliphatic carbocycles. The Balaban J connectivity index is 1.45. The van der Waals surface area contributed by atoms with Crippen LogP contribution in [0.3, 0.4) is 0 Å². The molecule has 0 unspecified atom stereocenters. The third kappa shape index (κ3) is 4.15. The van der Waals surface area contributed by atoms with Gasteiger partial charge >= 0.3 is 0 Å². The van der Waals surface area contributed by atoms with Crippen LogP contribution in [0.15, 0.2) is 36.7 Å². The van der Waals surface area contributed by atoms with Crippen molar-refractivity contribution in [2.75, 3.05) is 19.6 Å². The van der Waals surface area contributed by atoms with E-state index in [4.69, 9.17) is 11.6 Å². The molecule has 0 N–H and O–H groups in total. The van der Waals surface area contributed by atoms with Gasteiger partial charge in [-0.15, -0.1) is 0 Å². The van der Waals surface area contributed by atoms with E-state index in [1.807, 2.05) is 19.1 Å². The third-order valence-electron chi connectivity index (χ3n) is 5.72. The molecule has 4 rings (SSSR count). The first kappa shape index (κ1) is 20.3. The summed E-state index contributed by atoms with van der Waals surface area (Å²) >= 11 is 5.92. The molecule has 2 aromatic rings. The normalized spacial score (nSPS) is 24.1. The average Bonchev–Trinajstić information content (AvgIpc) is 2.84. The van der Waals surface area contributed by atoms with Gasteiger partial charge in [0.2, 0.25) is 10.0 Å². The molecule has 154 valence electrons. The molecule has 2 atom stereocenters. The maximum absolute atomic E-state index is 13.1. The first-order valence-corrected chi connectivity index (χ1v) is 11.5. The molecule has 1 amide bonds. The molecular weight excluding hydrogens is 412 g/mol. The fourth-order valence-corrected chi connectivity index (χ4v) is 6.46. The SMILES string of the molecule is Cc1cnc(C(=O)N2CC[C@@H]3CN(Cc4ccc(Cl)cc4)S(=O)(=O)[C@@H]3CC2)cn1. The molecule has 2 aliphatic heterocycles. The number of aromatic nitrogens is 2. The summed E-state index contributed by atoms with van der Waals surface area (Å²) in [6, 6.07) is 7.26. The van der Waals surface area contributed by atoms with Crippen LogP contribution in [-0.2, 0) is 16.6 Å².